The molecule has 0 atom stereocenters. The predicted octanol–water partition coefficient (Wildman–Crippen LogP) is 3.17. The number of rotatable bonds is 5. The van der Waals surface area contributed by atoms with Gasteiger partial charge in [-0.25, -0.2) is 18.4 Å². The molecule has 21 heavy (non-hydrogen) atoms. The van der Waals surface area contributed by atoms with Crippen LogP contribution in [0, 0.1) is 0 Å². The van der Waals surface area contributed by atoms with Gasteiger partial charge in [0.15, 0.2) is 0 Å². The zero-order valence-electron chi connectivity index (χ0n) is 10.2. The summed E-state index contributed by atoms with van der Waals surface area (Å²) in [7, 11) is 0. The molecule has 0 fully saturated rings. The topological polar surface area (TPSA) is 78.4 Å². The summed E-state index contributed by atoms with van der Waals surface area (Å²) in [4.78, 5) is 22.3. The molecule has 0 unspecified atom stereocenters. The number of halogens is 5. The summed E-state index contributed by atoms with van der Waals surface area (Å²) in [5, 5.41) is 12.5. The highest BCUT2D eigenvalue weighted by Gasteiger charge is 2.40. The quantitative estimate of drug-likeness (QED) is 0.694. The van der Waals surface area contributed by atoms with E-state index in [-0.39, 0.29) is 11.3 Å². The predicted molar refractivity (Wildman–Crippen MR) is 69.1 cm³/mol. The van der Waals surface area contributed by atoms with E-state index in [0.29, 0.717) is 4.47 Å². The number of benzene rings is 1. The van der Waals surface area contributed by atoms with E-state index in [0.717, 1.165) is 0 Å². The lowest BCUT2D eigenvalue weighted by molar-refractivity contribution is -0.123. The van der Waals surface area contributed by atoms with Crippen molar-refractivity contribution in [3.63, 3.8) is 0 Å². The number of amides is 2. The van der Waals surface area contributed by atoms with Crippen LogP contribution in [0.15, 0.2) is 22.7 Å². The van der Waals surface area contributed by atoms with Crippen molar-refractivity contribution >= 4 is 33.6 Å². The van der Waals surface area contributed by atoms with Crippen LogP contribution in [0.3, 0.4) is 0 Å². The molecule has 0 saturated carbocycles. The average molecular weight is 373 g/mol. The largest absolute Gasteiger partial charge is 0.478 e. The second-order valence-electron chi connectivity index (χ2n) is 3.86. The van der Waals surface area contributed by atoms with E-state index in [1.165, 1.54) is 18.2 Å². The first kappa shape index (κ1) is 17.2. The molecule has 3 N–H and O–H groups in total. The van der Waals surface area contributed by atoms with Crippen LogP contribution < -0.4 is 10.6 Å². The molecule has 0 radical (unpaired) electrons. The van der Waals surface area contributed by atoms with Gasteiger partial charge in [-0.3, -0.25) is 0 Å². The van der Waals surface area contributed by atoms with E-state index in [1.54, 1.807) is 5.32 Å². The fourth-order valence-electron chi connectivity index (χ4n) is 1.25. The molecule has 10 heteroatoms. The number of anilines is 1. The second kappa shape index (κ2) is 6.74. The van der Waals surface area contributed by atoms with Crippen molar-refractivity contribution in [3.05, 3.63) is 28.2 Å². The molecule has 116 valence electrons. The van der Waals surface area contributed by atoms with Crippen molar-refractivity contribution in [2.75, 3.05) is 11.9 Å². The molecule has 5 nitrogen and oxygen atoms in total. The van der Waals surface area contributed by atoms with Crippen molar-refractivity contribution in [2.24, 2.45) is 0 Å². The number of carboxylic acids is 1. The Hall–Kier alpha value is -1.84. The Labute approximate surface area is 124 Å². The van der Waals surface area contributed by atoms with Gasteiger partial charge >= 0.3 is 24.3 Å². The van der Waals surface area contributed by atoms with E-state index >= 15 is 0 Å². The molecular formula is C11H9BrF4N2O3. The Bertz CT molecular complexity index is 554. The molecule has 1 aromatic carbocycles. The summed E-state index contributed by atoms with van der Waals surface area (Å²) in [6.07, 6.45) is -3.92. The van der Waals surface area contributed by atoms with Gasteiger partial charge in [0.25, 0.3) is 0 Å². The van der Waals surface area contributed by atoms with Crippen molar-refractivity contribution in [2.45, 2.75) is 12.3 Å². The number of alkyl halides is 4. The van der Waals surface area contributed by atoms with Gasteiger partial charge < -0.3 is 15.7 Å². The Balaban J connectivity index is 2.76. The minimum absolute atomic E-state index is 0.172. The van der Waals surface area contributed by atoms with Gasteiger partial charge in [-0.2, -0.15) is 8.78 Å². The van der Waals surface area contributed by atoms with Crippen LogP contribution in [-0.2, 0) is 0 Å². The SMILES string of the molecule is O=C(NCC(F)(F)C(F)F)Nc1cc(Br)ccc1C(=O)O. The molecule has 0 spiro atoms. The normalized spacial score (nSPS) is 11.3. The molecule has 0 aliphatic carbocycles. The molecule has 1 rings (SSSR count). The molecule has 2 amide bonds. The van der Waals surface area contributed by atoms with Crippen molar-refractivity contribution in [3.8, 4) is 0 Å². The fraction of sp³-hybridized carbons (Fsp3) is 0.273. The lowest BCUT2D eigenvalue weighted by Crippen LogP contribution is -2.43. The Morgan fingerprint density at radius 2 is 1.95 bits per heavy atom. The maximum absolute atomic E-state index is 12.6. The molecule has 0 aromatic heterocycles. The van der Waals surface area contributed by atoms with E-state index in [1.807, 2.05) is 5.32 Å². The zero-order valence-corrected chi connectivity index (χ0v) is 11.8. The van der Waals surface area contributed by atoms with Crippen LogP contribution in [0.1, 0.15) is 10.4 Å². The summed E-state index contributed by atoms with van der Waals surface area (Å²) in [6.45, 7) is -1.58. The summed E-state index contributed by atoms with van der Waals surface area (Å²) < 4.78 is 49.5. The van der Waals surface area contributed by atoms with Crippen molar-refractivity contribution < 1.29 is 32.3 Å². The lowest BCUT2D eigenvalue weighted by atomic mass is 10.2. The summed E-state index contributed by atoms with van der Waals surface area (Å²) in [6, 6.07) is 2.58. The van der Waals surface area contributed by atoms with Crippen LogP contribution in [0.25, 0.3) is 0 Å². The molecule has 0 aliphatic heterocycles. The van der Waals surface area contributed by atoms with Gasteiger partial charge in [-0.15, -0.1) is 0 Å². The molecular weight excluding hydrogens is 364 g/mol. The third-order valence-electron chi connectivity index (χ3n) is 2.26. The first-order chi connectivity index (χ1) is 9.63. The van der Waals surface area contributed by atoms with Crippen LogP contribution in [0.4, 0.5) is 28.0 Å². The minimum Gasteiger partial charge on any atom is -0.478 e. The lowest BCUT2D eigenvalue weighted by Gasteiger charge is -2.16. The van der Waals surface area contributed by atoms with E-state index in [4.69, 9.17) is 5.11 Å². The van der Waals surface area contributed by atoms with E-state index < -0.39 is 30.9 Å². The number of hydrogen-bond acceptors (Lipinski definition) is 2. The number of carbonyl (C=O) groups excluding carboxylic acids is 1. The van der Waals surface area contributed by atoms with Gasteiger partial charge in [-0.05, 0) is 18.2 Å². The number of urea groups is 1. The van der Waals surface area contributed by atoms with Crippen LogP contribution in [0.2, 0.25) is 0 Å². The monoisotopic (exact) mass is 372 g/mol. The molecule has 0 saturated heterocycles. The second-order valence-corrected chi connectivity index (χ2v) is 4.78. The van der Waals surface area contributed by atoms with Gasteiger partial charge in [-0.1, -0.05) is 15.9 Å². The Morgan fingerprint density at radius 3 is 2.48 bits per heavy atom. The Kier molecular flexibility index (Phi) is 5.53. The summed E-state index contributed by atoms with van der Waals surface area (Å²) >= 11 is 3.04. The number of aromatic carboxylic acids is 1. The smallest absolute Gasteiger partial charge is 0.337 e. The maximum Gasteiger partial charge on any atom is 0.337 e. The third kappa shape index (κ3) is 4.88. The summed E-state index contributed by atoms with van der Waals surface area (Å²) in [5.41, 5.74) is -0.455. The molecule has 0 aliphatic rings. The number of carboxylic acid groups (broad SMARTS) is 1. The van der Waals surface area contributed by atoms with Gasteiger partial charge in [0, 0.05) is 4.47 Å². The highest BCUT2D eigenvalue weighted by atomic mass is 79.9. The average Bonchev–Trinajstić information content (AvgIpc) is 2.36. The number of carbonyl (C=O) groups is 2. The first-order valence-electron chi connectivity index (χ1n) is 5.37. The standard InChI is InChI=1S/C11H9BrF4N2O3/c12-5-1-2-6(8(19)20)7(3-5)18-10(21)17-4-11(15,16)9(13)14/h1-3,9H,4H2,(H,19,20)(H2,17,18,21). The van der Waals surface area contributed by atoms with E-state index in [2.05, 4.69) is 15.9 Å². The first-order valence-corrected chi connectivity index (χ1v) is 6.16. The van der Waals surface area contributed by atoms with Crippen molar-refractivity contribution in [1.82, 2.24) is 5.32 Å². The van der Waals surface area contributed by atoms with Crippen LogP contribution in [0.5, 0.6) is 0 Å². The maximum atomic E-state index is 12.6. The molecule has 1 aromatic rings. The third-order valence-corrected chi connectivity index (χ3v) is 2.76. The number of hydrogen-bond donors (Lipinski definition) is 3. The fourth-order valence-corrected chi connectivity index (χ4v) is 1.61. The van der Waals surface area contributed by atoms with E-state index in [9.17, 15) is 27.2 Å². The summed E-state index contributed by atoms with van der Waals surface area (Å²) in [5.74, 6) is -5.72. The van der Waals surface area contributed by atoms with Crippen molar-refractivity contribution in [1.29, 1.82) is 0 Å². The highest BCUT2D eigenvalue weighted by molar-refractivity contribution is 9.10. The molecule has 0 bridgehead atoms. The van der Waals surface area contributed by atoms with Gasteiger partial charge in [0.05, 0.1) is 17.8 Å². The Morgan fingerprint density at radius 1 is 1.33 bits per heavy atom. The zero-order chi connectivity index (χ0) is 16.2. The molecule has 0 heterocycles. The van der Waals surface area contributed by atoms with Crippen LogP contribution >= 0.6 is 15.9 Å². The van der Waals surface area contributed by atoms with Crippen LogP contribution in [-0.4, -0.2) is 36.0 Å². The minimum atomic E-state index is -4.37. The number of nitrogens with one attached hydrogen (secondary N) is 2. The highest BCUT2D eigenvalue weighted by Crippen LogP contribution is 2.23. The van der Waals surface area contributed by atoms with Gasteiger partial charge in [0.2, 0.25) is 0 Å². The van der Waals surface area contributed by atoms with Gasteiger partial charge in [0.1, 0.15) is 0 Å².